The first kappa shape index (κ1) is 15.7. The highest BCUT2D eigenvalue weighted by molar-refractivity contribution is 6.04. The van der Waals surface area contributed by atoms with Crippen molar-refractivity contribution in [3.63, 3.8) is 0 Å². The molecule has 0 saturated carbocycles. The first-order valence-corrected chi connectivity index (χ1v) is 8.55. The second kappa shape index (κ2) is 5.92. The second-order valence-electron chi connectivity index (χ2n) is 6.72. The molecule has 2 aromatic carbocycles. The molecular formula is C20H21N3O2. The molecule has 2 amide bonds. The zero-order valence-corrected chi connectivity index (χ0v) is 14.4. The van der Waals surface area contributed by atoms with Crippen LogP contribution in [0.5, 0.6) is 0 Å². The van der Waals surface area contributed by atoms with E-state index in [-0.39, 0.29) is 18.0 Å². The van der Waals surface area contributed by atoms with E-state index in [4.69, 9.17) is 0 Å². The number of carbonyl (C=O) groups is 2. The Morgan fingerprint density at radius 1 is 1.00 bits per heavy atom. The number of benzene rings is 2. The van der Waals surface area contributed by atoms with Gasteiger partial charge >= 0.3 is 0 Å². The third-order valence-corrected chi connectivity index (χ3v) is 5.14. The molecule has 2 aromatic rings. The predicted molar refractivity (Wildman–Crippen MR) is 96.1 cm³/mol. The Morgan fingerprint density at radius 3 is 2.44 bits per heavy atom. The SMILES string of the molecule is C[C@H]1C(=O)N(C)C[C@@H]2N(Cc3ccccc3)c3ccccc3C(=O)N21. The van der Waals surface area contributed by atoms with Gasteiger partial charge in [0.25, 0.3) is 5.91 Å². The molecule has 2 aliphatic heterocycles. The first-order valence-electron chi connectivity index (χ1n) is 8.55. The zero-order valence-electron chi connectivity index (χ0n) is 14.4. The largest absolute Gasteiger partial charge is 0.344 e. The van der Waals surface area contributed by atoms with Crippen molar-refractivity contribution >= 4 is 17.5 Å². The van der Waals surface area contributed by atoms with Crippen LogP contribution >= 0.6 is 0 Å². The summed E-state index contributed by atoms with van der Waals surface area (Å²) in [6.45, 7) is 3.02. The van der Waals surface area contributed by atoms with Crippen LogP contribution in [0.3, 0.4) is 0 Å². The normalized spacial score (nSPS) is 22.7. The lowest BCUT2D eigenvalue weighted by atomic mass is 9.99. The third kappa shape index (κ3) is 2.47. The van der Waals surface area contributed by atoms with Gasteiger partial charge < -0.3 is 14.7 Å². The number of piperazine rings is 1. The van der Waals surface area contributed by atoms with Crippen molar-refractivity contribution in [1.82, 2.24) is 9.80 Å². The third-order valence-electron chi connectivity index (χ3n) is 5.14. The van der Waals surface area contributed by atoms with Gasteiger partial charge in [-0.3, -0.25) is 9.59 Å². The molecule has 0 spiro atoms. The van der Waals surface area contributed by atoms with E-state index in [9.17, 15) is 9.59 Å². The van der Waals surface area contributed by atoms with Crippen LogP contribution in [0.4, 0.5) is 5.69 Å². The number of carbonyl (C=O) groups excluding carboxylic acids is 2. The number of anilines is 1. The van der Waals surface area contributed by atoms with E-state index >= 15 is 0 Å². The van der Waals surface area contributed by atoms with Gasteiger partial charge in [0.2, 0.25) is 5.91 Å². The average Bonchev–Trinajstić information content (AvgIpc) is 2.64. The van der Waals surface area contributed by atoms with Crippen molar-refractivity contribution in [2.75, 3.05) is 18.5 Å². The molecule has 2 atom stereocenters. The number of para-hydroxylation sites is 1. The Balaban J connectivity index is 1.81. The number of hydrogen-bond donors (Lipinski definition) is 0. The van der Waals surface area contributed by atoms with E-state index in [1.165, 1.54) is 5.56 Å². The van der Waals surface area contributed by atoms with Gasteiger partial charge in [0.15, 0.2) is 0 Å². The lowest BCUT2D eigenvalue weighted by Gasteiger charge is -2.52. The van der Waals surface area contributed by atoms with Gasteiger partial charge in [0.1, 0.15) is 12.2 Å². The molecule has 0 aliphatic carbocycles. The summed E-state index contributed by atoms with van der Waals surface area (Å²) in [5, 5.41) is 0. The first-order chi connectivity index (χ1) is 12.1. The van der Waals surface area contributed by atoms with Gasteiger partial charge in [0.05, 0.1) is 17.8 Å². The number of likely N-dealkylation sites (N-methyl/N-ethyl adjacent to an activating group) is 1. The summed E-state index contributed by atoms with van der Waals surface area (Å²) in [7, 11) is 1.81. The Labute approximate surface area is 147 Å². The number of rotatable bonds is 2. The standard InChI is InChI=1S/C20H21N3O2/c1-14-19(24)21(2)13-18-22(12-15-8-4-3-5-9-15)17-11-7-6-10-16(17)20(25)23(14)18/h3-11,14,18H,12-13H2,1-2H3/t14-,18+/m0/s1. The van der Waals surface area contributed by atoms with E-state index in [0.29, 0.717) is 18.7 Å². The van der Waals surface area contributed by atoms with Crippen molar-refractivity contribution in [2.45, 2.75) is 25.7 Å². The van der Waals surface area contributed by atoms with E-state index in [2.05, 4.69) is 17.0 Å². The maximum Gasteiger partial charge on any atom is 0.258 e. The van der Waals surface area contributed by atoms with Gasteiger partial charge in [-0.2, -0.15) is 0 Å². The number of hydrogen-bond acceptors (Lipinski definition) is 3. The van der Waals surface area contributed by atoms with Gasteiger partial charge in [-0.15, -0.1) is 0 Å². The maximum atomic E-state index is 13.0. The summed E-state index contributed by atoms with van der Waals surface area (Å²) in [4.78, 5) is 31.2. The molecule has 1 fully saturated rings. The van der Waals surface area contributed by atoms with Gasteiger partial charge in [-0.25, -0.2) is 0 Å². The number of fused-ring (bicyclic) bond motifs is 2. The summed E-state index contributed by atoms with van der Waals surface area (Å²) >= 11 is 0. The van der Waals surface area contributed by atoms with Crippen molar-refractivity contribution in [2.24, 2.45) is 0 Å². The second-order valence-corrected chi connectivity index (χ2v) is 6.72. The molecule has 128 valence electrons. The molecule has 25 heavy (non-hydrogen) atoms. The molecule has 2 heterocycles. The summed E-state index contributed by atoms with van der Waals surface area (Å²) in [6.07, 6.45) is -0.152. The fraction of sp³-hybridized carbons (Fsp3) is 0.300. The van der Waals surface area contributed by atoms with Gasteiger partial charge in [-0.05, 0) is 24.6 Å². The molecule has 0 bridgehead atoms. The molecule has 0 unspecified atom stereocenters. The van der Waals surface area contributed by atoms with Gasteiger partial charge in [0, 0.05) is 13.6 Å². The average molecular weight is 335 g/mol. The fourth-order valence-corrected chi connectivity index (χ4v) is 3.85. The smallest absolute Gasteiger partial charge is 0.258 e. The fourth-order valence-electron chi connectivity index (χ4n) is 3.85. The molecule has 0 N–H and O–H groups in total. The van der Waals surface area contributed by atoms with Crippen LogP contribution in [0.1, 0.15) is 22.8 Å². The van der Waals surface area contributed by atoms with Crippen LogP contribution in [-0.2, 0) is 11.3 Å². The van der Waals surface area contributed by atoms with Crippen molar-refractivity contribution in [3.05, 3.63) is 65.7 Å². The quantitative estimate of drug-likeness (QED) is 0.846. The van der Waals surface area contributed by atoms with Crippen molar-refractivity contribution < 1.29 is 9.59 Å². The number of nitrogens with zero attached hydrogens (tertiary/aromatic N) is 3. The summed E-state index contributed by atoms with van der Waals surface area (Å²) in [6, 6.07) is 17.4. The molecule has 4 rings (SSSR count). The van der Waals surface area contributed by atoms with Crippen LogP contribution in [0.15, 0.2) is 54.6 Å². The summed E-state index contributed by atoms with van der Waals surface area (Å²) in [5.74, 6) is -0.0671. The van der Waals surface area contributed by atoms with Crippen LogP contribution in [0.25, 0.3) is 0 Å². The maximum absolute atomic E-state index is 13.0. The highest BCUT2D eigenvalue weighted by Gasteiger charge is 2.46. The van der Waals surface area contributed by atoms with Crippen molar-refractivity contribution in [3.8, 4) is 0 Å². The molecule has 0 radical (unpaired) electrons. The predicted octanol–water partition coefficient (Wildman–Crippen LogP) is 2.34. The van der Waals surface area contributed by atoms with E-state index in [1.807, 2.05) is 56.4 Å². The lowest BCUT2D eigenvalue weighted by Crippen LogP contribution is -2.68. The highest BCUT2D eigenvalue weighted by atomic mass is 16.2. The monoisotopic (exact) mass is 335 g/mol. The molecule has 1 saturated heterocycles. The van der Waals surface area contributed by atoms with E-state index in [0.717, 1.165) is 5.69 Å². The Hall–Kier alpha value is -2.82. The van der Waals surface area contributed by atoms with Crippen LogP contribution < -0.4 is 4.90 Å². The Kier molecular flexibility index (Phi) is 3.71. The van der Waals surface area contributed by atoms with E-state index < -0.39 is 6.04 Å². The van der Waals surface area contributed by atoms with Crippen molar-refractivity contribution in [1.29, 1.82) is 0 Å². The van der Waals surface area contributed by atoms with E-state index in [1.54, 1.807) is 9.80 Å². The van der Waals surface area contributed by atoms with Crippen LogP contribution in [0.2, 0.25) is 0 Å². The molecule has 2 aliphatic rings. The summed E-state index contributed by atoms with van der Waals surface area (Å²) in [5.41, 5.74) is 2.78. The minimum absolute atomic E-state index is 0.0105. The topological polar surface area (TPSA) is 43.9 Å². The Morgan fingerprint density at radius 2 is 1.68 bits per heavy atom. The molecule has 5 nitrogen and oxygen atoms in total. The lowest BCUT2D eigenvalue weighted by molar-refractivity contribution is -0.140. The number of amides is 2. The summed E-state index contributed by atoms with van der Waals surface area (Å²) < 4.78 is 0. The molecule has 0 aromatic heterocycles. The van der Waals surface area contributed by atoms with Crippen LogP contribution in [-0.4, -0.2) is 47.4 Å². The minimum Gasteiger partial charge on any atom is -0.344 e. The highest BCUT2D eigenvalue weighted by Crippen LogP contribution is 2.35. The minimum atomic E-state index is -0.456. The molecule has 5 heteroatoms. The Bertz CT molecular complexity index is 821. The zero-order chi connectivity index (χ0) is 17.6. The molecular weight excluding hydrogens is 314 g/mol. The van der Waals surface area contributed by atoms with Crippen LogP contribution in [0, 0.1) is 0 Å². The van der Waals surface area contributed by atoms with Gasteiger partial charge in [-0.1, -0.05) is 42.5 Å².